The molecule has 1 aliphatic carbocycles. The number of nitrogens with zero attached hydrogens (tertiary/aromatic N) is 2. The van der Waals surface area contributed by atoms with Crippen LogP contribution in [0.5, 0.6) is 5.75 Å². The molecule has 186 valence electrons. The number of piperidine rings is 1. The van der Waals surface area contributed by atoms with Crippen LogP contribution >= 0.6 is 0 Å². The zero-order valence-corrected chi connectivity index (χ0v) is 19.3. The van der Waals surface area contributed by atoms with E-state index in [1.165, 1.54) is 42.4 Å². The fourth-order valence-electron chi connectivity index (χ4n) is 5.47. The van der Waals surface area contributed by atoms with Gasteiger partial charge in [-0.2, -0.15) is 0 Å². The number of carbonyl (C=O) groups is 1. The Hall–Kier alpha value is -3.10. The van der Waals surface area contributed by atoms with Crippen LogP contribution in [0.25, 0.3) is 11.0 Å². The predicted molar refractivity (Wildman–Crippen MR) is 123 cm³/mol. The van der Waals surface area contributed by atoms with Crippen molar-refractivity contribution in [1.29, 1.82) is 0 Å². The van der Waals surface area contributed by atoms with Crippen LogP contribution in [0.15, 0.2) is 30.5 Å². The van der Waals surface area contributed by atoms with Gasteiger partial charge >= 0.3 is 6.36 Å². The summed E-state index contributed by atoms with van der Waals surface area (Å²) in [5.74, 6) is -0.954. The first kappa shape index (κ1) is 23.6. The molecule has 35 heavy (non-hydrogen) atoms. The third-order valence-electron chi connectivity index (χ3n) is 7.13. The van der Waals surface area contributed by atoms with Crippen LogP contribution in [0.3, 0.4) is 0 Å². The third kappa shape index (κ3) is 4.99. The molecule has 0 saturated carbocycles. The summed E-state index contributed by atoms with van der Waals surface area (Å²) in [4.78, 5) is 22.4. The highest BCUT2D eigenvalue weighted by molar-refractivity contribution is 5.94. The van der Waals surface area contributed by atoms with Gasteiger partial charge in [-0.3, -0.25) is 4.79 Å². The highest BCUT2D eigenvalue weighted by Crippen LogP contribution is 2.38. The maximum Gasteiger partial charge on any atom is 0.573 e. The van der Waals surface area contributed by atoms with Crippen LogP contribution < -0.4 is 4.74 Å². The molecule has 2 aliphatic rings. The molecule has 1 amide bonds. The highest BCUT2D eigenvalue weighted by atomic mass is 19.4. The molecule has 5 nitrogen and oxygen atoms in total. The standard InChI is InChI=1S/C26H27F4N3O2/c27-20-15-31-24-23(19-5-3-1-2-4-6-21(19)32-24)22(20)16-11-13-33(14-12-16)25(34)17-7-9-18(10-8-17)35-26(28,29)30/h7-10,15-16H,1-6,11-14H2,(H,31,32). The molecular weight excluding hydrogens is 462 g/mol. The molecule has 1 N–H and O–H groups in total. The van der Waals surface area contributed by atoms with E-state index in [1.807, 2.05) is 0 Å². The monoisotopic (exact) mass is 489 g/mol. The van der Waals surface area contributed by atoms with Gasteiger partial charge in [0, 0.05) is 35.3 Å². The Kier molecular flexibility index (Phi) is 6.42. The number of hydrogen-bond donors (Lipinski definition) is 1. The van der Waals surface area contributed by atoms with Gasteiger partial charge in [0.2, 0.25) is 0 Å². The second-order valence-corrected chi connectivity index (χ2v) is 9.38. The van der Waals surface area contributed by atoms with Crippen LogP contribution in [0.1, 0.15) is 71.6 Å². The Labute approximate surface area is 200 Å². The SMILES string of the molecule is O=C(c1ccc(OC(F)(F)F)cc1)N1CCC(c2c(F)cnc3[nH]c4c(c23)CCCCCC4)CC1. The van der Waals surface area contributed by atoms with Crippen LogP contribution in [-0.2, 0) is 12.8 Å². The minimum Gasteiger partial charge on any atom is -0.406 e. The zero-order valence-electron chi connectivity index (χ0n) is 19.3. The maximum atomic E-state index is 15.2. The fourth-order valence-corrected chi connectivity index (χ4v) is 5.47. The summed E-state index contributed by atoms with van der Waals surface area (Å²) in [5.41, 5.74) is 4.11. The number of pyridine rings is 1. The maximum absolute atomic E-state index is 15.2. The number of aromatic amines is 1. The number of rotatable bonds is 3. The Morgan fingerprint density at radius 3 is 2.40 bits per heavy atom. The summed E-state index contributed by atoms with van der Waals surface area (Å²) < 4.78 is 56.2. The Morgan fingerprint density at radius 1 is 1.03 bits per heavy atom. The summed E-state index contributed by atoms with van der Waals surface area (Å²) >= 11 is 0. The van der Waals surface area contributed by atoms with E-state index in [-0.39, 0.29) is 23.4 Å². The van der Waals surface area contributed by atoms with E-state index >= 15 is 4.39 Å². The lowest BCUT2D eigenvalue weighted by atomic mass is 9.85. The first-order chi connectivity index (χ1) is 16.8. The number of nitrogens with one attached hydrogen (secondary N) is 1. The molecule has 0 unspecified atom stereocenters. The number of benzene rings is 1. The molecule has 1 fully saturated rings. The molecule has 0 radical (unpaired) electrons. The zero-order chi connectivity index (χ0) is 24.6. The number of hydrogen-bond acceptors (Lipinski definition) is 3. The van der Waals surface area contributed by atoms with Gasteiger partial charge in [0.1, 0.15) is 17.2 Å². The quantitative estimate of drug-likeness (QED) is 0.441. The van der Waals surface area contributed by atoms with E-state index in [2.05, 4.69) is 14.7 Å². The summed E-state index contributed by atoms with van der Waals surface area (Å²) in [6.45, 7) is 0.889. The van der Waals surface area contributed by atoms with Crippen LogP contribution in [-0.4, -0.2) is 40.2 Å². The molecule has 3 heterocycles. The van der Waals surface area contributed by atoms with Gasteiger partial charge in [0.25, 0.3) is 5.91 Å². The summed E-state index contributed by atoms with van der Waals surface area (Å²) in [6.07, 6.45) is 4.17. The van der Waals surface area contributed by atoms with Gasteiger partial charge in [0.15, 0.2) is 0 Å². The van der Waals surface area contributed by atoms with Crippen molar-refractivity contribution >= 4 is 16.9 Å². The minimum absolute atomic E-state index is 0.0301. The molecule has 5 rings (SSSR count). The molecule has 1 saturated heterocycles. The number of carbonyl (C=O) groups excluding carboxylic acids is 1. The number of fused-ring (bicyclic) bond motifs is 3. The number of ether oxygens (including phenoxy) is 1. The van der Waals surface area contributed by atoms with Gasteiger partial charge in [-0.15, -0.1) is 13.2 Å². The Morgan fingerprint density at radius 2 is 1.71 bits per heavy atom. The Bertz CT molecular complexity index is 1210. The lowest BCUT2D eigenvalue weighted by Crippen LogP contribution is -2.38. The minimum atomic E-state index is -4.78. The van der Waals surface area contributed by atoms with Crippen LogP contribution in [0, 0.1) is 5.82 Å². The van der Waals surface area contributed by atoms with Crippen molar-refractivity contribution in [3.8, 4) is 5.75 Å². The van der Waals surface area contributed by atoms with Crippen LogP contribution in [0.4, 0.5) is 17.6 Å². The second-order valence-electron chi connectivity index (χ2n) is 9.38. The molecule has 0 spiro atoms. The average Bonchev–Trinajstić information content (AvgIpc) is 3.14. The van der Waals surface area contributed by atoms with Crippen molar-refractivity contribution in [2.45, 2.75) is 63.6 Å². The second kappa shape index (κ2) is 9.51. The number of aromatic nitrogens is 2. The van der Waals surface area contributed by atoms with Crippen molar-refractivity contribution in [2.24, 2.45) is 0 Å². The largest absolute Gasteiger partial charge is 0.573 e. The molecule has 9 heteroatoms. The number of likely N-dealkylation sites (tertiary alicyclic amines) is 1. The molecule has 1 aliphatic heterocycles. The Balaban J connectivity index is 1.33. The number of halogens is 4. The lowest BCUT2D eigenvalue weighted by molar-refractivity contribution is -0.274. The van der Waals surface area contributed by atoms with Crippen molar-refractivity contribution in [3.63, 3.8) is 0 Å². The van der Waals surface area contributed by atoms with Crippen molar-refractivity contribution in [2.75, 3.05) is 13.1 Å². The van der Waals surface area contributed by atoms with Gasteiger partial charge in [0.05, 0.1) is 6.20 Å². The van der Waals surface area contributed by atoms with Crippen LogP contribution in [0.2, 0.25) is 0 Å². The molecule has 1 aromatic carbocycles. The summed E-state index contributed by atoms with van der Waals surface area (Å²) in [7, 11) is 0. The van der Waals surface area contributed by atoms with E-state index in [1.54, 1.807) is 4.90 Å². The summed E-state index contributed by atoms with van der Waals surface area (Å²) in [6, 6.07) is 4.94. The van der Waals surface area contributed by atoms with E-state index in [0.717, 1.165) is 48.8 Å². The van der Waals surface area contributed by atoms with Gasteiger partial charge in [-0.25, -0.2) is 9.37 Å². The van der Waals surface area contributed by atoms with E-state index in [4.69, 9.17) is 0 Å². The first-order valence-corrected chi connectivity index (χ1v) is 12.1. The smallest absolute Gasteiger partial charge is 0.406 e. The summed E-state index contributed by atoms with van der Waals surface area (Å²) in [5, 5.41) is 0.923. The topological polar surface area (TPSA) is 58.2 Å². The first-order valence-electron chi connectivity index (χ1n) is 12.1. The van der Waals surface area contributed by atoms with Gasteiger partial charge in [-0.05, 0) is 74.3 Å². The van der Waals surface area contributed by atoms with Gasteiger partial charge < -0.3 is 14.6 Å². The van der Waals surface area contributed by atoms with Crippen molar-refractivity contribution in [3.05, 3.63) is 58.7 Å². The van der Waals surface area contributed by atoms with Gasteiger partial charge in [-0.1, -0.05) is 12.8 Å². The number of amides is 1. The van der Waals surface area contributed by atoms with Crippen molar-refractivity contribution < 1.29 is 27.1 Å². The highest BCUT2D eigenvalue weighted by Gasteiger charge is 2.32. The molecule has 3 aromatic rings. The normalized spacial score (nSPS) is 17.7. The van der Waals surface area contributed by atoms with E-state index < -0.39 is 6.36 Å². The molecule has 2 aromatic heterocycles. The van der Waals surface area contributed by atoms with E-state index in [9.17, 15) is 18.0 Å². The molecule has 0 atom stereocenters. The number of H-pyrrole nitrogens is 1. The average molecular weight is 490 g/mol. The molecule has 0 bridgehead atoms. The number of aryl methyl sites for hydroxylation is 2. The fraction of sp³-hybridized carbons (Fsp3) is 0.462. The lowest BCUT2D eigenvalue weighted by Gasteiger charge is -2.33. The van der Waals surface area contributed by atoms with Crippen molar-refractivity contribution in [1.82, 2.24) is 14.9 Å². The third-order valence-corrected chi connectivity index (χ3v) is 7.13. The molecular formula is C26H27F4N3O2. The predicted octanol–water partition coefficient (Wildman–Crippen LogP) is 6.28. The van der Waals surface area contributed by atoms with E-state index in [0.29, 0.717) is 37.1 Å². The number of alkyl halides is 3.